The zero-order chi connectivity index (χ0) is 22.2. The molecule has 9 atom stereocenters. The minimum absolute atomic E-state index is 0.0286. The van der Waals surface area contributed by atoms with Gasteiger partial charge in [0, 0.05) is 6.04 Å². The number of hydrogen-bond acceptors (Lipinski definition) is 8. The minimum atomic E-state index is -1.36. The van der Waals surface area contributed by atoms with Gasteiger partial charge in [0.25, 0.3) is 0 Å². The molecule has 0 aromatic rings. The molecule has 8 heteroatoms. The van der Waals surface area contributed by atoms with E-state index >= 15 is 0 Å². The van der Waals surface area contributed by atoms with Gasteiger partial charge in [0.1, 0.15) is 12.2 Å². The zero-order valence-corrected chi connectivity index (χ0v) is 18.4. The molecule has 0 amide bonds. The highest BCUT2D eigenvalue weighted by molar-refractivity contribution is 4.95. The molecule has 1 aliphatic rings. The molecule has 0 saturated carbocycles. The number of rotatable bonds is 7. The van der Waals surface area contributed by atoms with Crippen molar-refractivity contribution in [2.75, 3.05) is 13.2 Å². The Kier molecular flexibility index (Phi) is 12.3. The van der Waals surface area contributed by atoms with E-state index in [2.05, 4.69) is 34.6 Å². The van der Waals surface area contributed by atoms with Crippen molar-refractivity contribution in [2.45, 2.75) is 97.7 Å². The Bertz CT molecular complexity index is 414. The smallest absolute Gasteiger partial charge is 0.181 e. The van der Waals surface area contributed by atoms with E-state index in [1.54, 1.807) is 6.92 Å². The second-order valence-electron chi connectivity index (χ2n) is 8.90. The molecule has 7 N–H and O–H groups in total. The van der Waals surface area contributed by atoms with Crippen molar-refractivity contribution in [3.05, 3.63) is 0 Å². The van der Waals surface area contributed by atoms with Gasteiger partial charge in [-0.15, -0.1) is 0 Å². The third-order valence-electron chi connectivity index (χ3n) is 5.51. The van der Waals surface area contributed by atoms with E-state index in [1.807, 2.05) is 0 Å². The van der Waals surface area contributed by atoms with E-state index in [0.29, 0.717) is 18.3 Å². The molecular formula is C20H43NO7. The summed E-state index contributed by atoms with van der Waals surface area (Å²) in [4.78, 5) is 0. The average molecular weight is 410 g/mol. The summed E-state index contributed by atoms with van der Waals surface area (Å²) in [5.74, 6) is 0.712. The molecule has 7 unspecified atom stereocenters. The second kappa shape index (κ2) is 12.4. The molecule has 0 aromatic carbocycles. The molecule has 1 aliphatic heterocycles. The maximum atomic E-state index is 9.28. The molecule has 170 valence electrons. The van der Waals surface area contributed by atoms with Gasteiger partial charge in [-0.3, -0.25) is 0 Å². The highest BCUT2D eigenvalue weighted by Gasteiger charge is 2.43. The number of aliphatic hydroxyl groups excluding tert-OH is 5. The van der Waals surface area contributed by atoms with Gasteiger partial charge in [0.2, 0.25) is 0 Å². The number of aliphatic hydroxyl groups is 5. The Morgan fingerprint density at radius 2 is 1.61 bits per heavy atom. The van der Waals surface area contributed by atoms with Gasteiger partial charge in [-0.1, -0.05) is 41.5 Å². The van der Waals surface area contributed by atoms with Gasteiger partial charge in [-0.05, 0) is 30.6 Å². The molecule has 0 radical (unpaired) electrons. The quantitative estimate of drug-likeness (QED) is 0.328. The van der Waals surface area contributed by atoms with E-state index in [-0.39, 0.29) is 30.3 Å². The predicted molar refractivity (Wildman–Crippen MR) is 107 cm³/mol. The Morgan fingerprint density at radius 1 is 1.07 bits per heavy atom. The van der Waals surface area contributed by atoms with Crippen LogP contribution in [0.2, 0.25) is 0 Å². The summed E-state index contributed by atoms with van der Waals surface area (Å²) in [6, 6.07) is 0.0581. The van der Waals surface area contributed by atoms with Gasteiger partial charge < -0.3 is 40.7 Å². The summed E-state index contributed by atoms with van der Waals surface area (Å²) in [6.07, 6.45) is -3.80. The fraction of sp³-hybridized carbons (Fsp3) is 1.00. The molecule has 1 saturated heterocycles. The highest BCUT2D eigenvalue weighted by atomic mass is 16.6. The molecule has 1 rings (SSSR count). The third-order valence-corrected chi connectivity index (χ3v) is 5.51. The number of ether oxygens (including phenoxy) is 2. The monoisotopic (exact) mass is 409 g/mol. The van der Waals surface area contributed by atoms with Crippen molar-refractivity contribution in [3.8, 4) is 0 Å². The van der Waals surface area contributed by atoms with Crippen molar-refractivity contribution in [1.82, 2.24) is 0 Å². The molecule has 1 heterocycles. The van der Waals surface area contributed by atoms with Crippen LogP contribution in [0.15, 0.2) is 0 Å². The number of hydrogen-bond donors (Lipinski definition) is 6. The van der Waals surface area contributed by atoms with Crippen LogP contribution >= 0.6 is 0 Å². The first-order chi connectivity index (χ1) is 12.8. The first-order valence-electron chi connectivity index (χ1n) is 10.1. The van der Waals surface area contributed by atoms with E-state index in [0.717, 1.165) is 0 Å². The molecule has 0 spiro atoms. The first kappa shape index (κ1) is 27.7. The van der Waals surface area contributed by atoms with Crippen LogP contribution in [0.1, 0.15) is 54.9 Å². The molecule has 0 aromatic heterocycles. The predicted octanol–water partition coefficient (Wildman–Crippen LogP) is 0.226. The van der Waals surface area contributed by atoms with Crippen molar-refractivity contribution < 1.29 is 35.0 Å². The van der Waals surface area contributed by atoms with Crippen LogP contribution in [0.25, 0.3) is 0 Å². The summed E-state index contributed by atoms with van der Waals surface area (Å²) in [5.41, 5.74) is 6.24. The summed E-state index contributed by atoms with van der Waals surface area (Å²) in [6.45, 7) is 13.5. The Morgan fingerprint density at radius 3 is 1.96 bits per heavy atom. The lowest BCUT2D eigenvalue weighted by atomic mass is 9.73. The second-order valence-corrected chi connectivity index (χ2v) is 8.90. The van der Waals surface area contributed by atoms with Gasteiger partial charge in [-0.25, -0.2) is 0 Å². The van der Waals surface area contributed by atoms with Crippen molar-refractivity contribution in [2.24, 2.45) is 23.0 Å². The van der Waals surface area contributed by atoms with Crippen LogP contribution in [0.3, 0.4) is 0 Å². The lowest BCUT2D eigenvalue weighted by Gasteiger charge is -2.47. The lowest BCUT2D eigenvalue weighted by Crippen LogP contribution is -2.58. The highest BCUT2D eigenvalue weighted by Crippen LogP contribution is 2.37. The maximum absolute atomic E-state index is 9.28. The fourth-order valence-corrected chi connectivity index (χ4v) is 3.14. The summed E-state index contributed by atoms with van der Waals surface area (Å²) in [7, 11) is 0. The van der Waals surface area contributed by atoms with Gasteiger partial charge >= 0.3 is 0 Å². The summed E-state index contributed by atoms with van der Waals surface area (Å²) < 4.78 is 10.7. The van der Waals surface area contributed by atoms with Gasteiger partial charge in [-0.2, -0.15) is 0 Å². The van der Waals surface area contributed by atoms with E-state index in [9.17, 15) is 10.2 Å². The summed E-state index contributed by atoms with van der Waals surface area (Å²) in [5, 5.41) is 45.3. The topological polar surface area (TPSA) is 146 Å². The fourth-order valence-electron chi connectivity index (χ4n) is 3.14. The average Bonchev–Trinajstić information content (AvgIpc) is 2.62. The summed E-state index contributed by atoms with van der Waals surface area (Å²) >= 11 is 0. The number of nitrogens with two attached hydrogens (primary N) is 1. The van der Waals surface area contributed by atoms with Crippen LogP contribution in [0.5, 0.6) is 0 Å². The van der Waals surface area contributed by atoms with Crippen LogP contribution in [-0.4, -0.2) is 81.6 Å². The Hall–Kier alpha value is -0.320. The van der Waals surface area contributed by atoms with Crippen LogP contribution in [0.4, 0.5) is 0 Å². The lowest BCUT2D eigenvalue weighted by molar-refractivity contribution is -0.212. The van der Waals surface area contributed by atoms with Crippen molar-refractivity contribution in [3.63, 3.8) is 0 Å². The largest absolute Gasteiger partial charge is 0.394 e. The molecular weight excluding hydrogens is 366 g/mol. The molecule has 0 bridgehead atoms. The Balaban J connectivity index is 0.000000528. The SMILES string of the molecule is CC1C(CO)OC(C(C)(C)C)C(N)C1C.CC[C@H](O)C(O)OC(CO)[C@@H](C)O. The zero-order valence-electron chi connectivity index (χ0n) is 18.4. The third kappa shape index (κ3) is 8.20. The van der Waals surface area contributed by atoms with Crippen molar-refractivity contribution in [1.29, 1.82) is 0 Å². The maximum Gasteiger partial charge on any atom is 0.181 e. The first-order valence-corrected chi connectivity index (χ1v) is 10.1. The molecule has 1 fully saturated rings. The van der Waals surface area contributed by atoms with Gasteiger partial charge in [0.05, 0.1) is 31.5 Å². The minimum Gasteiger partial charge on any atom is -0.394 e. The molecule has 28 heavy (non-hydrogen) atoms. The normalized spacial score (nSPS) is 32.7. The van der Waals surface area contributed by atoms with Crippen LogP contribution in [0, 0.1) is 17.3 Å². The molecule has 0 aliphatic carbocycles. The van der Waals surface area contributed by atoms with Crippen LogP contribution < -0.4 is 5.73 Å². The van der Waals surface area contributed by atoms with E-state index < -0.39 is 31.2 Å². The van der Waals surface area contributed by atoms with Gasteiger partial charge in [0.15, 0.2) is 6.29 Å². The Labute approximate surface area is 169 Å². The van der Waals surface area contributed by atoms with E-state index in [1.165, 1.54) is 6.92 Å². The molecule has 8 nitrogen and oxygen atoms in total. The van der Waals surface area contributed by atoms with Crippen molar-refractivity contribution >= 4 is 0 Å². The van der Waals surface area contributed by atoms with E-state index in [4.69, 9.17) is 30.5 Å². The standard InChI is InChI=1S/C12H25NO2.C8H18O5/c1-7-8(2)10(13)11(12(3,4)5)15-9(7)6-14;1-3-6(11)8(12)13-7(4-9)5(2)10/h7-11,14H,6,13H2,1-5H3;5-12H,3-4H2,1-2H3/t;5-,6+,7?,8?/m.1/s1. The van der Waals surface area contributed by atoms with Crippen LogP contribution in [-0.2, 0) is 9.47 Å².